The molecule has 126 valence electrons. The molecule has 3 rings (SSSR count). The first-order valence-corrected chi connectivity index (χ1v) is 7.77. The quantitative estimate of drug-likeness (QED) is 0.698. The smallest absolute Gasteiger partial charge is 0.254 e. The van der Waals surface area contributed by atoms with Gasteiger partial charge in [-0.1, -0.05) is 12.1 Å². The van der Waals surface area contributed by atoms with E-state index >= 15 is 0 Å². The Labute approximate surface area is 138 Å². The topological polar surface area (TPSA) is 122 Å². The van der Waals surface area contributed by atoms with Crippen molar-refractivity contribution in [2.45, 2.75) is 31.3 Å². The molecule has 1 aromatic rings. The number of rotatable bonds is 3. The monoisotopic (exact) mass is 330 g/mol. The molecule has 0 spiro atoms. The second kappa shape index (κ2) is 6.31. The van der Waals surface area contributed by atoms with Gasteiger partial charge in [0.15, 0.2) is 0 Å². The number of likely N-dealkylation sites (tertiary alicyclic amines) is 1. The van der Waals surface area contributed by atoms with Crippen molar-refractivity contribution in [2.24, 2.45) is 5.73 Å². The number of carbonyl (C=O) groups is 4. The molecule has 2 aliphatic heterocycles. The number of nitrogens with one attached hydrogen (secondary N) is 2. The van der Waals surface area contributed by atoms with Crippen LogP contribution in [0.25, 0.3) is 0 Å². The Hall–Kier alpha value is -2.90. The van der Waals surface area contributed by atoms with E-state index in [2.05, 4.69) is 10.6 Å². The summed E-state index contributed by atoms with van der Waals surface area (Å²) < 4.78 is 0. The molecule has 0 aliphatic carbocycles. The van der Waals surface area contributed by atoms with Gasteiger partial charge in [-0.25, -0.2) is 0 Å². The van der Waals surface area contributed by atoms with Crippen molar-refractivity contribution < 1.29 is 19.2 Å². The van der Waals surface area contributed by atoms with E-state index in [1.54, 1.807) is 24.3 Å². The van der Waals surface area contributed by atoms with Crippen LogP contribution in [-0.4, -0.2) is 47.2 Å². The molecule has 2 heterocycles. The minimum absolute atomic E-state index is 0.213. The van der Waals surface area contributed by atoms with Crippen LogP contribution in [0.3, 0.4) is 0 Å². The number of carbonyl (C=O) groups excluding carboxylic acids is 4. The van der Waals surface area contributed by atoms with E-state index < -0.39 is 29.8 Å². The largest absolute Gasteiger partial charge is 0.368 e. The average molecular weight is 330 g/mol. The normalized spacial score (nSPS) is 23.1. The second-order valence-corrected chi connectivity index (χ2v) is 5.91. The Morgan fingerprint density at radius 3 is 2.75 bits per heavy atom. The lowest BCUT2D eigenvalue weighted by Crippen LogP contribution is -2.48. The Bertz CT molecular complexity index is 718. The molecule has 8 heteroatoms. The molecule has 1 saturated heterocycles. The number of para-hydroxylation sites is 1. The Balaban J connectivity index is 1.74. The highest BCUT2D eigenvalue weighted by Crippen LogP contribution is 2.21. The summed E-state index contributed by atoms with van der Waals surface area (Å²) in [5, 5.41) is 5.22. The first-order chi connectivity index (χ1) is 11.5. The van der Waals surface area contributed by atoms with Gasteiger partial charge < -0.3 is 21.3 Å². The molecular formula is C16H18N4O4. The minimum atomic E-state index is -0.994. The van der Waals surface area contributed by atoms with Crippen LogP contribution in [0.1, 0.15) is 29.6 Å². The fraction of sp³-hybridized carbons (Fsp3) is 0.375. The van der Waals surface area contributed by atoms with Gasteiger partial charge in [-0.15, -0.1) is 0 Å². The zero-order chi connectivity index (χ0) is 17.3. The van der Waals surface area contributed by atoms with Crippen LogP contribution in [0.2, 0.25) is 0 Å². The molecule has 0 saturated carbocycles. The first-order valence-electron chi connectivity index (χ1n) is 7.77. The second-order valence-electron chi connectivity index (χ2n) is 5.91. The predicted octanol–water partition coefficient (Wildman–Crippen LogP) is -0.397. The van der Waals surface area contributed by atoms with Crippen LogP contribution >= 0.6 is 0 Å². The van der Waals surface area contributed by atoms with Gasteiger partial charge in [0.05, 0.1) is 17.7 Å². The molecular weight excluding hydrogens is 312 g/mol. The highest BCUT2D eigenvalue weighted by molar-refractivity contribution is 6.10. The van der Waals surface area contributed by atoms with E-state index in [9.17, 15) is 19.2 Å². The lowest BCUT2D eigenvalue weighted by atomic mass is 10.1. The van der Waals surface area contributed by atoms with Gasteiger partial charge >= 0.3 is 0 Å². The molecule has 0 radical (unpaired) electrons. The standard InChI is InChI=1S/C16H18N4O4/c17-14(22)12-6-3-7-20(12)13(21)8-11-16(24)18-10-5-2-1-4-9(10)15(23)19-11/h1-2,4-5,11-12H,3,6-8H2,(H2,17,22)(H,18,24)(H,19,23)/t11-,12-/m0/s1. The highest BCUT2D eigenvalue weighted by atomic mass is 16.2. The Morgan fingerprint density at radius 2 is 2.00 bits per heavy atom. The third kappa shape index (κ3) is 2.94. The molecule has 0 unspecified atom stereocenters. The van der Waals surface area contributed by atoms with E-state index in [0.29, 0.717) is 30.6 Å². The zero-order valence-corrected chi connectivity index (χ0v) is 13.0. The maximum Gasteiger partial charge on any atom is 0.254 e. The van der Waals surface area contributed by atoms with Gasteiger partial charge in [-0.2, -0.15) is 0 Å². The summed E-state index contributed by atoms with van der Waals surface area (Å²) in [5.74, 6) is -1.81. The van der Waals surface area contributed by atoms with Gasteiger partial charge in [0.1, 0.15) is 12.1 Å². The number of amides is 4. The molecule has 0 bridgehead atoms. The number of hydrogen-bond acceptors (Lipinski definition) is 4. The highest BCUT2D eigenvalue weighted by Gasteiger charge is 2.36. The lowest BCUT2D eigenvalue weighted by Gasteiger charge is -2.24. The summed E-state index contributed by atoms with van der Waals surface area (Å²) in [6.45, 7) is 0.426. The number of nitrogens with two attached hydrogens (primary N) is 1. The lowest BCUT2D eigenvalue weighted by molar-refractivity contribution is -0.138. The first kappa shape index (κ1) is 16.0. The van der Waals surface area contributed by atoms with Crippen molar-refractivity contribution in [3.8, 4) is 0 Å². The fourth-order valence-corrected chi connectivity index (χ4v) is 3.11. The molecule has 1 aromatic carbocycles. The van der Waals surface area contributed by atoms with E-state index in [1.165, 1.54) is 4.90 Å². The van der Waals surface area contributed by atoms with Crippen molar-refractivity contribution in [1.82, 2.24) is 10.2 Å². The van der Waals surface area contributed by atoms with Crippen molar-refractivity contribution in [3.63, 3.8) is 0 Å². The summed E-state index contributed by atoms with van der Waals surface area (Å²) in [7, 11) is 0. The van der Waals surface area contributed by atoms with Crippen LogP contribution < -0.4 is 16.4 Å². The Kier molecular flexibility index (Phi) is 4.20. The number of benzene rings is 1. The number of anilines is 1. The van der Waals surface area contributed by atoms with E-state index in [-0.39, 0.29) is 12.3 Å². The van der Waals surface area contributed by atoms with Gasteiger partial charge in [-0.05, 0) is 25.0 Å². The predicted molar refractivity (Wildman–Crippen MR) is 84.9 cm³/mol. The Morgan fingerprint density at radius 1 is 1.25 bits per heavy atom. The van der Waals surface area contributed by atoms with Crippen molar-refractivity contribution >= 4 is 29.3 Å². The van der Waals surface area contributed by atoms with Crippen LogP contribution in [0.5, 0.6) is 0 Å². The summed E-state index contributed by atoms with van der Waals surface area (Å²) in [6.07, 6.45) is 0.999. The van der Waals surface area contributed by atoms with Crippen molar-refractivity contribution in [1.29, 1.82) is 0 Å². The average Bonchev–Trinajstić information content (AvgIpc) is 3.00. The van der Waals surface area contributed by atoms with Crippen molar-refractivity contribution in [3.05, 3.63) is 29.8 Å². The van der Waals surface area contributed by atoms with Gasteiger partial charge in [0.2, 0.25) is 17.7 Å². The summed E-state index contributed by atoms with van der Waals surface area (Å²) in [5.41, 5.74) is 6.06. The zero-order valence-electron chi connectivity index (χ0n) is 13.0. The van der Waals surface area contributed by atoms with Crippen LogP contribution in [0.15, 0.2) is 24.3 Å². The minimum Gasteiger partial charge on any atom is -0.368 e. The van der Waals surface area contributed by atoms with Crippen LogP contribution in [-0.2, 0) is 14.4 Å². The molecule has 8 nitrogen and oxygen atoms in total. The molecule has 4 N–H and O–H groups in total. The van der Waals surface area contributed by atoms with E-state index in [1.807, 2.05) is 0 Å². The van der Waals surface area contributed by atoms with Gasteiger partial charge in [-0.3, -0.25) is 19.2 Å². The van der Waals surface area contributed by atoms with Crippen LogP contribution in [0.4, 0.5) is 5.69 Å². The molecule has 24 heavy (non-hydrogen) atoms. The maximum absolute atomic E-state index is 12.5. The third-order valence-electron chi connectivity index (χ3n) is 4.33. The summed E-state index contributed by atoms with van der Waals surface area (Å²) >= 11 is 0. The van der Waals surface area contributed by atoms with E-state index in [0.717, 1.165) is 0 Å². The maximum atomic E-state index is 12.5. The van der Waals surface area contributed by atoms with E-state index in [4.69, 9.17) is 5.73 Å². The molecule has 0 aromatic heterocycles. The number of nitrogens with zero attached hydrogens (tertiary/aromatic N) is 1. The van der Waals surface area contributed by atoms with Crippen molar-refractivity contribution in [2.75, 3.05) is 11.9 Å². The summed E-state index contributed by atoms with van der Waals surface area (Å²) in [4.78, 5) is 49.8. The molecule has 2 aliphatic rings. The number of hydrogen-bond donors (Lipinski definition) is 3. The molecule has 1 fully saturated rings. The SMILES string of the molecule is NC(=O)[C@@H]1CCCN1C(=O)C[C@@H]1NC(=O)c2ccccc2NC1=O. The number of fused-ring (bicyclic) bond motifs is 1. The number of primary amides is 1. The van der Waals surface area contributed by atoms with Gasteiger partial charge in [0, 0.05) is 6.54 Å². The molecule has 4 amide bonds. The third-order valence-corrected chi connectivity index (χ3v) is 4.33. The molecule has 2 atom stereocenters. The fourth-order valence-electron chi connectivity index (χ4n) is 3.11. The summed E-state index contributed by atoms with van der Waals surface area (Å²) in [6, 6.07) is 4.99. The van der Waals surface area contributed by atoms with Gasteiger partial charge in [0.25, 0.3) is 5.91 Å². The van der Waals surface area contributed by atoms with Crippen LogP contribution in [0, 0.1) is 0 Å².